The number of para-hydroxylation sites is 1. The van der Waals surface area contributed by atoms with Crippen LogP contribution in [0.1, 0.15) is 43.7 Å². The lowest BCUT2D eigenvalue weighted by Gasteiger charge is -2.33. The molecule has 4 rings (SSSR count). The highest BCUT2D eigenvalue weighted by Crippen LogP contribution is 2.36. The molecule has 0 bridgehead atoms. The highest BCUT2D eigenvalue weighted by Gasteiger charge is 2.40. The highest BCUT2D eigenvalue weighted by atomic mass is 16.2. The molecule has 2 aromatic carbocycles. The van der Waals surface area contributed by atoms with E-state index in [2.05, 4.69) is 16.7 Å². The molecule has 0 saturated heterocycles. The maximum absolute atomic E-state index is 13.4. The normalized spacial score (nSPS) is 20.8. The molecule has 1 aliphatic carbocycles. The van der Waals surface area contributed by atoms with Gasteiger partial charge in [0.1, 0.15) is 6.04 Å². The first-order valence-corrected chi connectivity index (χ1v) is 11.6. The second-order valence-corrected chi connectivity index (χ2v) is 8.80. The summed E-state index contributed by atoms with van der Waals surface area (Å²) in [5, 5.41) is 5.73. The van der Waals surface area contributed by atoms with Crippen LogP contribution in [0.5, 0.6) is 0 Å². The minimum Gasteiger partial charge on any atom is -0.350 e. The zero-order valence-corrected chi connectivity index (χ0v) is 18.5. The van der Waals surface area contributed by atoms with Gasteiger partial charge in [0.15, 0.2) is 0 Å². The Morgan fingerprint density at radius 1 is 0.969 bits per heavy atom. The molecule has 1 heterocycles. The lowest BCUT2D eigenvalue weighted by Crippen LogP contribution is -2.50. The van der Waals surface area contributed by atoms with Gasteiger partial charge in [-0.2, -0.15) is 0 Å². The van der Waals surface area contributed by atoms with Crippen LogP contribution < -0.4 is 15.5 Å². The smallest absolute Gasteiger partial charge is 0.242 e. The van der Waals surface area contributed by atoms with Gasteiger partial charge < -0.3 is 15.5 Å². The summed E-state index contributed by atoms with van der Waals surface area (Å²) in [6, 6.07) is 17.0. The Hall–Kier alpha value is -3.15. The lowest BCUT2D eigenvalue weighted by atomic mass is 9.77. The van der Waals surface area contributed by atoms with Gasteiger partial charge in [0.2, 0.25) is 17.7 Å². The third-order valence-corrected chi connectivity index (χ3v) is 6.63. The highest BCUT2D eigenvalue weighted by molar-refractivity contribution is 6.00. The number of amides is 3. The molecule has 1 aliphatic heterocycles. The van der Waals surface area contributed by atoms with Crippen LogP contribution in [0.15, 0.2) is 54.6 Å². The fourth-order valence-electron chi connectivity index (χ4n) is 4.83. The van der Waals surface area contributed by atoms with Crippen LogP contribution in [-0.4, -0.2) is 30.3 Å². The van der Waals surface area contributed by atoms with E-state index in [1.54, 1.807) is 6.92 Å². The van der Waals surface area contributed by atoms with E-state index in [1.165, 1.54) is 5.56 Å². The molecule has 2 N–H and O–H groups in total. The first-order chi connectivity index (χ1) is 15.5. The predicted molar refractivity (Wildman–Crippen MR) is 124 cm³/mol. The number of carbonyl (C=O) groups excluding carboxylic acids is 3. The van der Waals surface area contributed by atoms with Crippen molar-refractivity contribution in [1.29, 1.82) is 0 Å². The number of nitrogens with zero attached hydrogens (tertiary/aromatic N) is 1. The van der Waals surface area contributed by atoms with Crippen molar-refractivity contribution in [3.8, 4) is 0 Å². The zero-order valence-electron chi connectivity index (χ0n) is 18.5. The molecule has 1 saturated carbocycles. The Kier molecular flexibility index (Phi) is 6.88. The fourth-order valence-corrected chi connectivity index (χ4v) is 4.83. The van der Waals surface area contributed by atoms with Crippen molar-refractivity contribution in [3.05, 3.63) is 65.7 Å². The van der Waals surface area contributed by atoms with Crippen LogP contribution in [0.3, 0.4) is 0 Å². The monoisotopic (exact) mass is 433 g/mol. The zero-order chi connectivity index (χ0) is 22.5. The van der Waals surface area contributed by atoms with Gasteiger partial charge in [-0.3, -0.25) is 14.4 Å². The van der Waals surface area contributed by atoms with Gasteiger partial charge in [0.05, 0.1) is 5.92 Å². The molecule has 3 atom stereocenters. The number of nitrogens with one attached hydrogen (secondary N) is 2. The molecular formula is C26H31N3O3. The Labute approximate surface area is 189 Å². The molecule has 0 spiro atoms. The number of carbonyl (C=O) groups is 3. The van der Waals surface area contributed by atoms with E-state index in [0.717, 1.165) is 30.5 Å². The van der Waals surface area contributed by atoms with Crippen LogP contribution in [0, 0.1) is 11.8 Å². The molecule has 0 aromatic heterocycles. The van der Waals surface area contributed by atoms with E-state index in [9.17, 15) is 14.4 Å². The molecule has 6 nitrogen and oxygen atoms in total. The van der Waals surface area contributed by atoms with Crippen molar-refractivity contribution in [2.75, 3.05) is 11.4 Å². The van der Waals surface area contributed by atoms with Crippen molar-refractivity contribution in [3.63, 3.8) is 0 Å². The van der Waals surface area contributed by atoms with Gasteiger partial charge in [-0.05, 0) is 43.4 Å². The van der Waals surface area contributed by atoms with Gasteiger partial charge >= 0.3 is 0 Å². The SMILES string of the molecule is CC(NC(=O)C1CCCCC1C(=O)N1CCc2ccccc21)C(=O)NCc1ccccc1. The van der Waals surface area contributed by atoms with Crippen LogP contribution in [0.25, 0.3) is 0 Å². The number of rotatable bonds is 6. The minimum absolute atomic E-state index is 0.0379. The quantitative estimate of drug-likeness (QED) is 0.734. The maximum Gasteiger partial charge on any atom is 0.242 e. The van der Waals surface area contributed by atoms with E-state index >= 15 is 0 Å². The summed E-state index contributed by atoms with van der Waals surface area (Å²) < 4.78 is 0. The van der Waals surface area contributed by atoms with E-state index < -0.39 is 12.0 Å². The Balaban J connectivity index is 1.37. The van der Waals surface area contributed by atoms with E-state index in [0.29, 0.717) is 25.9 Å². The Morgan fingerprint density at radius 3 is 2.44 bits per heavy atom. The summed E-state index contributed by atoms with van der Waals surface area (Å²) in [4.78, 5) is 40.9. The molecule has 3 amide bonds. The maximum atomic E-state index is 13.4. The summed E-state index contributed by atoms with van der Waals surface area (Å²) in [6.07, 6.45) is 4.11. The molecule has 3 unspecified atom stereocenters. The predicted octanol–water partition coefficient (Wildman–Crippen LogP) is 3.20. The number of anilines is 1. The van der Waals surface area contributed by atoms with Crippen LogP contribution >= 0.6 is 0 Å². The number of hydrogen-bond acceptors (Lipinski definition) is 3. The molecule has 6 heteroatoms. The standard InChI is InChI=1S/C26H31N3O3/c1-18(24(30)27-17-19-9-3-2-4-10-19)28-25(31)21-12-6-7-13-22(21)26(32)29-16-15-20-11-5-8-14-23(20)29/h2-5,8-11,14,18,21-22H,6-7,12-13,15-17H2,1H3,(H,27,30)(H,28,31). The molecule has 2 aromatic rings. The van der Waals surface area contributed by atoms with Crippen molar-refractivity contribution in [2.24, 2.45) is 11.8 Å². The number of benzene rings is 2. The van der Waals surface area contributed by atoms with Gasteiger partial charge in [0, 0.05) is 24.7 Å². The average Bonchev–Trinajstić information content (AvgIpc) is 3.27. The molecule has 1 fully saturated rings. The van der Waals surface area contributed by atoms with Gasteiger partial charge in [0.25, 0.3) is 0 Å². The topological polar surface area (TPSA) is 78.5 Å². The fraction of sp³-hybridized carbons (Fsp3) is 0.423. The second kappa shape index (κ2) is 9.98. The van der Waals surface area contributed by atoms with Crippen LogP contribution in [-0.2, 0) is 27.3 Å². The molecule has 32 heavy (non-hydrogen) atoms. The van der Waals surface area contributed by atoms with E-state index in [1.807, 2.05) is 53.4 Å². The second-order valence-electron chi connectivity index (χ2n) is 8.80. The van der Waals surface area contributed by atoms with E-state index in [-0.39, 0.29) is 23.6 Å². The van der Waals surface area contributed by atoms with Gasteiger partial charge in [-0.1, -0.05) is 61.4 Å². The first kappa shape index (κ1) is 22.1. The van der Waals surface area contributed by atoms with Crippen LogP contribution in [0.2, 0.25) is 0 Å². The molecule has 0 radical (unpaired) electrons. The number of fused-ring (bicyclic) bond motifs is 1. The summed E-state index contributed by atoms with van der Waals surface area (Å²) in [5.74, 6) is -1.12. The van der Waals surface area contributed by atoms with E-state index in [4.69, 9.17) is 0 Å². The average molecular weight is 434 g/mol. The largest absolute Gasteiger partial charge is 0.350 e. The van der Waals surface area contributed by atoms with Crippen molar-refractivity contribution >= 4 is 23.4 Å². The van der Waals surface area contributed by atoms with Crippen molar-refractivity contribution < 1.29 is 14.4 Å². The van der Waals surface area contributed by atoms with Crippen molar-refractivity contribution in [1.82, 2.24) is 10.6 Å². The minimum atomic E-state index is -0.656. The molecule has 2 aliphatic rings. The van der Waals surface area contributed by atoms with Crippen LogP contribution in [0.4, 0.5) is 5.69 Å². The number of hydrogen-bond donors (Lipinski definition) is 2. The summed E-state index contributed by atoms with van der Waals surface area (Å²) in [5.41, 5.74) is 3.15. The lowest BCUT2D eigenvalue weighted by molar-refractivity contribution is -0.137. The third kappa shape index (κ3) is 4.85. The Bertz CT molecular complexity index is 975. The van der Waals surface area contributed by atoms with Gasteiger partial charge in [-0.15, -0.1) is 0 Å². The third-order valence-electron chi connectivity index (χ3n) is 6.63. The van der Waals surface area contributed by atoms with Gasteiger partial charge in [-0.25, -0.2) is 0 Å². The molecular weight excluding hydrogens is 402 g/mol. The Morgan fingerprint density at radius 2 is 1.66 bits per heavy atom. The summed E-state index contributed by atoms with van der Waals surface area (Å²) in [7, 11) is 0. The molecule has 168 valence electrons. The summed E-state index contributed by atoms with van der Waals surface area (Å²) in [6.45, 7) is 2.77. The summed E-state index contributed by atoms with van der Waals surface area (Å²) >= 11 is 0. The van der Waals surface area contributed by atoms with Crippen molar-refractivity contribution in [2.45, 2.75) is 51.6 Å². The first-order valence-electron chi connectivity index (χ1n) is 11.6.